The largest absolute Gasteiger partial charge is 0.508 e. The van der Waals surface area contributed by atoms with Crippen LogP contribution in [0.15, 0.2) is 18.2 Å². The lowest BCUT2D eigenvalue weighted by atomic mass is 10.0. The second kappa shape index (κ2) is 4.56. The zero-order valence-electron chi connectivity index (χ0n) is 9.50. The summed E-state index contributed by atoms with van der Waals surface area (Å²) in [5.41, 5.74) is 0.113. The van der Waals surface area contributed by atoms with Crippen LogP contribution in [0.5, 0.6) is 5.75 Å². The summed E-state index contributed by atoms with van der Waals surface area (Å²) in [6.45, 7) is 1.87. The minimum absolute atomic E-state index is 0.113. The average molecular weight is 255 g/mol. The van der Waals surface area contributed by atoms with Gasteiger partial charge in [-0.2, -0.15) is 0 Å². The van der Waals surface area contributed by atoms with Crippen molar-refractivity contribution in [2.45, 2.75) is 24.5 Å². The number of carbonyl (C=O) groups is 1. The SMILES string of the molecule is CC1(C(=O)Nc2ccc(O)cc2F)CCCS1. The summed E-state index contributed by atoms with van der Waals surface area (Å²) in [6, 6.07) is 3.70. The van der Waals surface area contributed by atoms with Crippen LogP contribution < -0.4 is 5.32 Å². The molecule has 0 spiro atoms. The number of anilines is 1. The fraction of sp³-hybridized carbons (Fsp3) is 0.417. The van der Waals surface area contributed by atoms with Crippen molar-refractivity contribution in [3.05, 3.63) is 24.0 Å². The molecule has 0 aliphatic carbocycles. The van der Waals surface area contributed by atoms with Gasteiger partial charge >= 0.3 is 0 Å². The van der Waals surface area contributed by atoms with Crippen molar-refractivity contribution in [3.8, 4) is 5.75 Å². The molecule has 3 nitrogen and oxygen atoms in total. The molecule has 92 valence electrons. The van der Waals surface area contributed by atoms with E-state index in [1.54, 1.807) is 11.8 Å². The lowest BCUT2D eigenvalue weighted by Gasteiger charge is -2.21. The molecule has 1 atom stereocenters. The molecule has 1 heterocycles. The molecule has 0 radical (unpaired) electrons. The van der Waals surface area contributed by atoms with Crippen LogP contribution in [0.3, 0.4) is 0 Å². The van der Waals surface area contributed by atoms with E-state index in [1.165, 1.54) is 12.1 Å². The van der Waals surface area contributed by atoms with Gasteiger partial charge in [-0.05, 0) is 37.7 Å². The van der Waals surface area contributed by atoms with Gasteiger partial charge in [0.15, 0.2) is 0 Å². The first-order chi connectivity index (χ1) is 8.01. The number of halogens is 1. The van der Waals surface area contributed by atoms with Crippen molar-refractivity contribution in [1.82, 2.24) is 0 Å². The van der Waals surface area contributed by atoms with Gasteiger partial charge in [0, 0.05) is 6.07 Å². The zero-order chi connectivity index (χ0) is 12.5. The molecule has 1 saturated heterocycles. The van der Waals surface area contributed by atoms with Gasteiger partial charge in [-0.25, -0.2) is 4.39 Å². The molecule has 1 aliphatic rings. The van der Waals surface area contributed by atoms with Gasteiger partial charge in [-0.15, -0.1) is 11.8 Å². The van der Waals surface area contributed by atoms with Crippen LogP contribution in [-0.2, 0) is 4.79 Å². The van der Waals surface area contributed by atoms with E-state index in [4.69, 9.17) is 5.11 Å². The highest BCUT2D eigenvalue weighted by Crippen LogP contribution is 2.38. The summed E-state index contributed by atoms with van der Waals surface area (Å²) >= 11 is 1.60. The van der Waals surface area contributed by atoms with E-state index in [1.807, 2.05) is 6.92 Å². The minimum atomic E-state index is -0.620. The average Bonchev–Trinajstić information content (AvgIpc) is 2.71. The number of benzene rings is 1. The second-order valence-electron chi connectivity index (χ2n) is 4.30. The Bertz CT molecular complexity index is 444. The summed E-state index contributed by atoms with van der Waals surface area (Å²) in [6.07, 6.45) is 1.82. The highest BCUT2D eigenvalue weighted by molar-refractivity contribution is 8.01. The predicted molar refractivity (Wildman–Crippen MR) is 66.8 cm³/mol. The maximum absolute atomic E-state index is 13.4. The van der Waals surface area contributed by atoms with Crippen LogP contribution in [0.2, 0.25) is 0 Å². The summed E-state index contributed by atoms with van der Waals surface area (Å²) in [5, 5.41) is 11.7. The molecule has 1 amide bonds. The molecule has 1 aromatic rings. The summed E-state index contributed by atoms with van der Waals surface area (Å²) in [4.78, 5) is 12.0. The summed E-state index contributed by atoms with van der Waals surface area (Å²) in [7, 11) is 0. The normalized spacial score (nSPS) is 23.6. The van der Waals surface area contributed by atoms with Crippen molar-refractivity contribution in [1.29, 1.82) is 0 Å². The summed E-state index contributed by atoms with van der Waals surface area (Å²) < 4.78 is 13.0. The maximum Gasteiger partial charge on any atom is 0.240 e. The van der Waals surface area contributed by atoms with Crippen molar-refractivity contribution in [3.63, 3.8) is 0 Å². The number of rotatable bonds is 2. The van der Waals surface area contributed by atoms with Crippen LogP contribution in [0.4, 0.5) is 10.1 Å². The van der Waals surface area contributed by atoms with E-state index in [-0.39, 0.29) is 17.3 Å². The van der Waals surface area contributed by atoms with Crippen molar-refractivity contribution in [2.24, 2.45) is 0 Å². The van der Waals surface area contributed by atoms with Gasteiger partial charge in [0.25, 0.3) is 0 Å². The van der Waals surface area contributed by atoms with Gasteiger partial charge in [0.1, 0.15) is 11.6 Å². The van der Waals surface area contributed by atoms with Gasteiger partial charge in [0.2, 0.25) is 5.91 Å². The molecule has 17 heavy (non-hydrogen) atoms. The van der Waals surface area contributed by atoms with Crippen LogP contribution in [-0.4, -0.2) is 21.5 Å². The van der Waals surface area contributed by atoms with E-state index < -0.39 is 10.6 Å². The number of aromatic hydroxyl groups is 1. The molecule has 1 fully saturated rings. The van der Waals surface area contributed by atoms with Gasteiger partial charge in [0.05, 0.1) is 10.4 Å². The third-order valence-electron chi connectivity index (χ3n) is 2.90. The first kappa shape index (κ1) is 12.2. The quantitative estimate of drug-likeness (QED) is 0.799. The Hall–Kier alpha value is -1.23. The molecular formula is C12H14FNO2S. The Kier molecular flexibility index (Phi) is 3.28. The van der Waals surface area contributed by atoms with E-state index in [9.17, 15) is 9.18 Å². The molecular weight excluding hydrogens is 241 g/mol. The first-order valence-electron chi connectivity index (χ1n) is 5.45. The van der Waals surface area contributed by atoms with E-state index in [0.717, 1.165) is 24.7 Å². The fourth-order valence-electron chi connectivity index (χ4n) is 1.82. The molecule has 2 rings (SSSR count). The molecule has 1 aromatic carbocycles. The van der Waals surface area contributed by atoms with E-state index in [0.29, 0.717) is 0 Å². The number of thioether (sulfide) groups is 1. The molecule has 5 heteroatoms. The zero-order valence-corrected chi connectivity index (χ0v) is 10.3. The Morgan fingerprint density at radius 3 is 2.94 bits per heavy atom. The van der Waals surface area contributed by atoms with Gasteiger partial charge in [-0.3, -0.25) is 4.79 Å². The highest BCUT2D eigenvalue weighted by atomic mass is 32.2. The van der Waals surface area contributed by atoms with Gasteiger partial charge < -0.3 is 10.4 Å². The lowest BCUT2D eigenvalue weighted by molar-refractivity contribution is -0.118. The number of carbonyl (C=O) groups excluding carboxylic acids is 1. The third-order valence-corrected chi connectivity index (χ3v) is 4.42. The van der Waals surface area contributed by atoms with Crippen LogP contribution in [0.1, 0.15) is 19.8 Å². The maximum atomic E-state index is 13.4. The lowest BCUT2D eigenvalue weighted by Crippen LogP contribution is -2.34. The smallest absolute Gasteiger partial charge is 0.240 e. The second-order valence-corrected chi connectivity index (χ2v) is 5.90. The fourth-order valence-corrected chi connectivity index (χ4v) is 3.03. The number of hydrogen-bond donors (Lipinski definition) is 2. The van der Waals surface area contributed by atoms with Crippen LogP contribution >= 0.6 is 11.8 Å². The first-order valence-corrected chi connectivity index (χ1v) is 6.44. The number of amides is 1. The molecule has 0 aromatic heterocycles. The van der Waals surface area contributed by atoms with Crippen LogP contribution in [0, 0.1) is 5.82 Å². The van der Waals surface area contributed by atoms with E-state index >= 15 is 0 Å². The topological polar surface area (TPSA) is 49.3 Å². The highest BCUT2D eigenvalue weighted by Gasteiger charge is 2.37. The molecule has 0 saturated carbocycles. The molecule has 1 aliphatic heterocycles. The summed E-state index contributed by atoms with van der Waals surface area (Å²) in [5.74, 6) is 0.0126. The number of hydrogen-bond acceptors (Lipinski definition) is 3. The Morgan fingerprint density at radius 2 is 2.35 bits per heavy atom. The van der Waals surface area contributed by atoms with E-state index in [2.05, 4.69) is 5.32 Å². The number of nitrogens with one attached hydrogen (secondary N) is 1. The monoisotopic (exact) mass is 255 g/mol. The van der Waals surface area contributed by atoms with Crippen molar-refractivity contribution in [2.75, 3.05) is 11.1 Å². The van der Waals surface area contributed by atoms with Gasteiger partial charge in [-0.1, -0.05) is 0 Å². The Balaban J connectivity index is 2.13. The third kappa shape index (κ3) is 2.54. The minimum Gasteiger partial charge on any atom is -0.508 e. The Labute approximate surface area is 103 Å². The number of phenols is 1. The standard InChI is InChI=1S/C12H14FNO2S/c1-12(5-2-6-17-12)11(16)14-10-4-3-8(15)7-9(10)13/h3-4,7,15H,2,5-6H2,1H3,(H,14,16). The number of phenolic OH excluding ortho intramolecular Hbond substituents is 1. The predicted octanol–water partition coefficient (Wildman–Crippen LogP) is 2.76. The van der Waals surface area contributed by atoms with Crippen LogP contribution in [0.25, 0.3) is 0 Å². The molecule has 1 unspecified atom stereocenters. The molecule has 2 N–H and O–H groups in total. The Morgan fingerprint density at radius 1 is 1.59 bits per heavy atom. The molecule has 0 bridgehead atoms. The van der Waals surface area contributed by atoms with Crippen molar-refractivity contribution < 1.29 is 14.3 Å². The van der Waals surface area contributed by atoms with Crippen molar-refractivity contribution >= 4 is 23.4 Å².